The van der Waals surface area contributed by atoms with Gasteiger partial charge in [0, 0.05) is 13.0 Å². The first-order chi connectivity index (χ1) is 14.6. The number of benzene rings is 2. The number of carboxylic acids is 1. The van der Waals surface area contributed by atoms with E-state index in [0.717, 1.165) is 5.56 Å². The summed E-state index contributed by atoms with van der Waals surface area (Å²) in [6.07, 6.45) is -1.38. The Morgan fingerprint density at radius 1 is 0.935 bits per heavy atom. The number of carboxylic acid groups (broad SMARTS) is 1. The summed E-state index contributed by atoms with van der Waals surface area (Å²) < 4.78 is 10.5. The largest absolute Gasteiger partial charge is 0.479 e. The first-order valence-electron chi connectivity index (χ1n) is 9.79. The molecule has 0 heterocycles. The van der Waals surface area contributed by atoms with Crippen molar-refractivity contribution in [1.82, 2.24) is 5.32 Å². The normalized spacial score (nSPS) is 13.0. The number of aliphatic carboxylic acids is 1. The van der Waals surface area contributed by atoms with Gasteiger partial charge in [-0.1, -0.05) is 54.6 Å². The van der Waals surface area contributed by atoms with Gasteiger partial charge in [0.15, 0.2) is 0 Å². The summed E-state index contributed by atoms with van der Waals surface area (Å²) in [6.45, 7) is 5.08. The van der Waals surface area contributed by atoms with Crippen LogP contribution >= 0.6 is 0 Å². The van der Waals surface area contributed by atoms with Gasteiger partial charge in [0.25, 0.3) is 0 Å². The van der Waals surface area contributed by atoms with Crippen LogP contribution in [0.15, 0.2) is 54.6 Å². The summed E-state index contributed by atoms with van der Waals surface area (Å²) in [6, 6.07) is 15.7. The Balaban J connectivity index is 2.30. The van der Waals surface area contributed by atoms with E-state index in [4.69, 9.17) is 15.2 Å². The first-order valence-corrected chi connectivity index (χ1v) is 9.79. The molecule has 0 spiro atoms. The van der Waals surface area contributed by atoms with Gasteiger partial charge in [0.2, 0.25) is 5.54 Å². The average molecular weight is 428 g/mol. The van der Waals surface area contributed by atoms with Gasteiger partial charge in [-0.2, -0.15) is 0 Å². The minimum Gasteiger partial charge on any atom is -0.479 e. The van der Waals surface area contributed by atoms with Crippen LogP contribution in [-0.4, -0.2) is 34.3 Å². The molecular weight excluding hydrogens is 400 g/mol. The molecule has 2 rings (SSSR count). The Kier molecular flexibility index (Phi) is 7.77. The van der Waals surface area contributed by atoms with Crippen molar-refractivity contribution in [3.63, 3.8) is 0 Å². The fourth-order valence-corrected chi connectivity index (χ4v) is 2.78. The summed E-state index contributed by atoms with van der Waals surface area (Å²) in [5.41, 5.74) is 4.34. The molecule has 1 unspecified atom stereocenters. The number of ether oxygens (including phenoxy) is 2. The zero-order valence-electron chi connectivity index (χ0n) is 17.9. The van der Waals surface area contributed by atoms with Gasteiger partial charge in [0.05, 0.1) is 0 Å². The van der Waals surface area contributed by atoms with Crippen LogP contribution in [0, 0.1) is 0 Å². The molecule has 0 radical (unpaired) electrons. The number of rotatable bonds is 8. The third-order valence-corrected chi connectivity index (χ3v) is 4.37. The molecule has 0 aliphatic rings. The second-order valence-electron chi connectivity index (χ2n) is 8.10. The lowest BCUT2D eigenvalue weighted by molar-refractivity contribution is -0.171. The highest BCUT2D eigenvalue weighted by molar-refractivity contribution is 6.07. The number of carbonyl (C=O) groups excluding carboxylic acids is 2. The SMILES string of the molecule is CC(C)(C)OC(=O)C(Cc1ccc(CN)cc1)(NC(=O)OCc1ccccc1)C(=O)O. The molecule has 2 aromatic carbocycles. The van der Waals surface area contributed by atoms with Gasteiger partial charge in [-0.05, 0) is 37.5 Å². The molecule has 8 nitrogen and oxygen atoms in total. The molecule has 0 bridgehead atoms. The highest BCUT2D eigenvalue weighted by Crippen LogP contribution is 2.21. The Morgan fingerprint density at radius 3 is 2.03 bits per heavy atom. The molecule has 0 saturated carbocycles. The minimum absolute atomic E-state index is 0.0815. The van der Waals surface area contributed by atoms with Gasteiger partial charge in [0.1, 0.15) is 12.2 Å². The summed E-state index contributed by atoms with van der Waals surface area (Å²) >= 11 is 0. The predicted octanol–water partition coefficient (Wildman–Crippen LogP) is 2.78. The zero-order valence-corrected chi connectivity index (χ0v) is 17.9. The number of carbonyl (C=O) groups is 3. The van der Waals surface area contributed by atoms with E-state index in [1.54, 1.807) is 69.3 Å². The summed E-state index contributed by atoms with van der Waals surface area (Å²) in [7, 11) is 0. The van der Waals surface area contributed by atoms with E-state index in [1.807, 2.05) is 6.07 Å². The molecule has 8 heteroatoms. The van der Waals surface area contributed by atoms with Crippen molar-refractivity contribution in [2.45, 2.75) is 51.5 Å². The Labute approximate surface area is 181 Å². The molecule has 4 N–H and O–H groups in total. The monoisotopic (exact) mass is 428 g/mol. The van der Waals surface area contributed by atoms with Crippen LogP contribution in [0.2, 0.25) is 0 Å². The molecular formula is C23H28N2O6. The maximum atomic E-state index is 13.0. The van der Waals surface area contributed by atoms with Crippen LogP contribution in [-0.2, 0) is 38.6 Å². The van der Waals surface area contributed by atoms with Gasteiger partial charge in [-0.3, -0.25) is 5.32 Å². The van der Waals surface area contributed by atoms with Crippen molar-refractivity contribution in [3.05, 3.63) is 71.3 Å². The fraction of sp³-hybridized carbons (Fsp3) is 0.348. The number of hydrogen-bond donors (Lipinski definition) is 3. The van der Waals surface area contributed by atoms with Crippen molar-refractivity contribution >= 4 is 18.0 Å². The van der Waals surface area contributed by atoms with Crippen LogP contribution in [0.4, 0.5) is 4.79 Å². The molecule has 0 aliphatic carbocycles. The molecule has 0 fully saturated rings. The predicted molar refractivity (Wildman–Crippen MR) is 114 cm³/mol. The lowest BCUT2D eigenvalue weighted by Crippen LogP contribution is -2.63. The first kappa shape index (κ1) is 23.9. The highest BCUT2D eigenvalue weighted by Gasteiger charge is 2.51. The van der Waals surface area contributed by atoms with Crippen LogP contribution in [0.25, 0.3) is 0 Å². The Hall–Kier alpha value is -3.39. The van der Waals surface area contributed by atoms with E-state index in [0.29, 0.717) is 17.7 Å². The molecule has 0 saturated heterocycles. The summed E-state index contributed by atoms with van der Waals surface area (Å²) in [4.78, 5) is 37.7. The maximum absolute atomic E-state index is 13.0. The van der Waals surface area contributed by atoms with E-state index in [2.05, 4.69) is 5.32 Å². The second-order valence-corrected chi connectivity index (χ2v) is 8.10. The van der Waals surface area contributed by atoms with Gasteiger partial charge in [-0.15, -0.1) is 0 Å². The fourth-order valence-electron chi connectivity index (χ4n) is 2.78. The van der Waals surface area contributed by atoms with E-state index < -0.39 is 29.2 Å². The maximum Gasteiger partial charge on any atom is 0.408 e. The lowest BCUT2D eigenvalue weighted by atomic mass is 9.90. The Morgan fingerprint density at radius 2 is 1.52 bits per heavy atom. The highest BCUT2D eigenvalue weighted by atomic mass is 16.6. The van der Waals surface area contributed by atoms with Crippen LogP contribution in [0.1, 0.15) is 37.5 Å². The number of hydrogen-bond acceptors (Lipinski definition) is 6. The van der Waals surface area contributed by atoms with Crippen molar-refractivity contribution in [1.29, 1.82) is 0 Å². The standard InChI is InChI=1S/C23H28N2O6/c1-22(2,3)31-20(28)23(19(26)27,13-16-9-11-17(14-24)12-10-16)25-21(29)30-15-18-7-5-4-6-8-18/h4-12H,13-15,24H2,1-3H3,(H,25,29)(H,26,27). The molecule has 0 aromatic heterocycles. The smallest absolute Gasteiger partial charge is 0.408 e. The summed E-state index contributed by atoms with van der Waals surface area (Å²) in [5.74, 6) is -2.65. The van der Waals surface area contributed by atoms with Crippen LogP contribution < -0.4 is 11.1 Å². The molecule has 31 heavy (non-hydrogen) atoms. The lowest BCUT2D eigenvalue weighted by Gasteiger charge is -2.31. The van der Waals surface area contributed by atoms with Crippen molar-refractivity contribution < 1.29 is 29.0 Å². The van der Waals surface area contributed by atoms with Crippen molar-refractivity contribution in [3.8, 4) is 0 Å². The number of alkyl carbamates (subject to hydrolysis) is 1. The Bertz CT molecular complexity index is 906. The molecule has 2 aromatic rings. The van der Waals surface area contributed by atoms with E-state index in [9.17, 15) is 19.5 Å². The van der Waals surface area contributed by atoms with E-state index >= 15 is 0 Å². The second kappa shape index (κ2) is 10.1. The minimum atomic E-state index is -2.37. The summed E-state index contributed by atoms with van der Waals surface area (Å²) in [5, 5.41) is 12.2. The third-order valence-electron chi connectivity index (χ3n) is 4.37. The average Bonchev–Trinajstić information content (AvgIpc) is 2.71. The topological polar surface area (TPSA) is 128 Å². The van der Waals surface area contributed by atoms with Crippen molar-refractivity contribution in [2.75, 3.05) is 0 Å². The van der Waals surface area contributed by atoms with Gasteiger partial charge >= 0.3 is 18.0 Å². The number of esters is 1. The zero-order chi connectivity index (χ0) is 23.1. The van der Waals surface area contributed by atoms with E-state index in [1.165, 1.54) is 0 Å². The molecule has 0 aliphatic heterocycles. The van der Waals surface area contributed by atoms with Crippen molar-refractivity contribution in [2.24, 2.45) is 5.73 Å². The van der Waals surface area contributed by atoms with Gasteiger partial charge < -0.3 is 20.3 Å². The third kappa shape index (κ3) is 6.82. The van der Waals surface area contributed by atoms with Crippen LogP contribution in [0.3, 0.4) is 0 Å². The number of nitrogens with one attached hydrogen (secondary N) is 1. The molecule has 1 atom stereocenters. The van der Waals surface area contributed by atoms with Crippen LogP contribution in [0.5, 0.6) is 0 Å². The number of amides is 1. The quantitative estimate of drug-likeness (QED) is 0.436. The van der Waals surface area contributed by atoms with Gasteiger partial charge in [-0.25, -0.2) is 14.4 Å². The van der Waals surface area contributed by atoms with E-state index in [-0.39, 0.29) is 13.0 Å². The number of nitrogens with two attached hydrogens (primary N) is 1. The molecule has 1 amide bonds. The molecule has 166 valence electrons.